The van der Waals surface area contributed by atoms with Crippen LogP contribution in [-0.2, 0) is 14.4 Å². The molecule has 4 atom stereocenters. The minimum absolute atomic E-state index is 0.388. The van der Waals surface area contributed by atoms with E-state index < -0.39 is 59.0 Å². The molecule has 0 aromatic heterocycles. The number of hydrogen-bond acceptors (Lipinski definition) is 7. The van der Waals surface area contributed by atoms with Crippen molar-refractivity contribution in [2.45, 2.75) is 47.2 Å². The molecule has 5 N–H and O–H groups in total. The first-order chi connectivity index (χ1) is 12.9. The third-order valence-electron chi connectivity index (χ3n) is 5.05. The van der Waals surface area contributed by atoms with Gasteiger partial charge in [0.15, 0.2) is 0 Å². The van der Waals surface area contributed by atoms with Crippen molar-refractivity contribution in [3.63, 3.8) is 0 Å². The van der Waals surface area contributed by atoms with Crippen LogP contribution in [0.2, 0.25) is 0 Å². The molecule has 2 unspecified atom stereocenters. The monoisotopic (exact) mass is 472 g/mol. The van der Waals surface area contributed by atoms with Crippen molar-refractivity contribution < 1.29 is 31.9 Å². The zero-order chi connectivity index (χ0) is 20.9. The Morgan fingerprint density at radius 2 is 1.86 bits per heavy atom. The topological polar surface area (TPSA) is 147 Å². The molecular formula is C17H22GeN2O7S. The summed E-state index contributed by atoms with van der Waals surface area (Å²) in [6, 6.07) is 6.36. The Hall–Kier alpha value is -1.60. The molecule has 0 radical (unpaired) electrons. The summed E-state index contributed by atoms with van der Waals surface area (Å²) in [4.78, 5) is 37.7. The molecule has 28 heavy (non-hydrogen) atoms. The van der Waals surface area contributed by atoms with Crippen LogP contribution in [0.4, 0.5) is 0 Å². The summed E-state index contributed by atoms with van der Waals surface area (Å²) in [5.41, 5.74) is 0.425. The van der Waals surface area contributed by atoms with Crippen molar-refractivity contribution in [3.05, 3.63) is 35.9 Å². The van der Waals surface area contributed by atoms with Crippen LogP contribution in [0.3, 0.4) is 0 Å². The van der Waals surface area contributed by atoms with Crippen molar-refractivity contribution in [1.82, 2.24) is 10.2 Å². The number of nitrogens with zero attached hydrogens (tertiary/aromatic N) is 1. The molecule has 0 bridgehead atoms. The number of amides is 2. The Bertz CT molecular complexity index is 798. The number of β-lactam (4-membered cyclic amide) rings is 1. The summed E-state index contributed by atoms with van der Waals surface area (Å²) in [5.74, 6) is -2.19. The number of fused-ring (bicyclic) bond motifs is 1. The average molecular weight is 471 g/mol. The fraction of sp³-hybridized carbons (Fsp3) is 0.471. The Labute approximate surface area is 169 Å². The molecule has 2 fully saturated rings. The number of carbonyl (C=O) groups is 3. The number of aliphatic carboxylic acids is 1. The van der Waals surface area contributed by atoms with Crippen LogP contribution < -0.4 is 5.32 Å². The first kappa shape index (κ1) is 21.1. The molecule has 1 aromatic rings. The number of thioether (sulfide) groups is 1. The zero-order valence-electron chi connectivity index (χ0n) is 15.3. The van der Waals surface area contributed by atoms with E-state index in [1.54, 1.807) is 44.2 Å². The Balaban J connectivity index is 1.70. The maximum atomic E-state index is 12.5. The van der Waals surface area contributed by atoms with Crippen LogP contribution in [0.25, 0.3) is 0 Å². The number of carbonyl (C=O) groups excluding carboxylic acids is 2. The number of hydrogen-bond donors (Lipinski definition) is 5. The van der Waals surface area contributed by atoms with Gasteiger partial charge in [0.05, 0.1) is 0 Å². The molecule has 0 aliphatic carbocycles. The second-order valence-electron chi connectivity index (χ2n) is 7.50. The van der Waals surface area contributed by atoms with Crippen molar-refractivity contribution >= 4 is 43.8 Å². The average Bonchev–Trinajstić information content (AvgIpc) is 2.85. The maximum absolute atomic E-state index is 12.5. The van der Waals surface area contributed by atoms with E-state index in [9.17, 15) is 31.9 Å². The van der Waals surface area contributed by atoms with Crippen LogP contribution in [0.1, 0.15) is 30.6 Å². The summed E-state index contributed by atoms with van der Waals surface area (Å²) >= 11 is -3.90. The normalized spacial score (nSPS) is 27.0. The van der Waals surface area contributed by atoms with Gasteiger partial charge in [0.2, 0.25) is 0 Å². The molecule has 1 aromatic carbocycles. The van der Waals surface area contributed by atoms with E-state index in [-0.39, 0.29) is 6.42 Å². The van der Waals surface area contributed by atoms with Crippen molar-refractivity contribution in [2.75, 3.05) is 0 Å². The van der Waals surface area contributed by atoms with E-state index in [2.05, 4.69) is 5.32 Å². The van der Waals surface area contributed by atoms with Gasteiger partial charge in [-0.3, -0.25) is 0 Å². The molecule has 152 valence electrons. The predicted octanol–water partition coefficient (Wildman–Crippen LogP) is -0.753. The minimum atomic E-state index is -5.21. The Kier molecular flexibility index (Phi) is 5.54. The number of nitrogens with one attached hydrogen (secondary N) is 1. The molecule has 2 heterocycles. The summed E-state index contributed by atoms with van der Waals surface area (Å²) in [7, 11) is 0. The quantitative estimate of drug-likeness (QED) is 0.269. The van der Waals surface area contributed by atoms with Gasteiger partial charge >= 0.3 is 169 Å². The van der Waals surface area contributed by atoms with Gasteiger partial charge in [-0.15, -0.1) is 0 Å². The summed E-state index contributed by atoms with van der Waals surface area (Å²) in [6.45, 7) is 3.47. The number of carboxylic acids is 1. The molecule has 0 spiro atoms. The molecule has 2 aliphatic heterocycles. The first-order valence-corrected chi connectivity index (χ1v) is 13.6. The van der Waals surface area contributed by atoms with Crippen LogP contribution in [0.5, 0.6) is 0 Å². The van der Waals surface area contributed by atoms with E-state index in [1.807, 2.05) is 0 Å². The second-order valence-corrected chi connectivity index (χ2v) is 13.6. The molecule has 2 aliphatic rings. The molecule has 0 saturated carbocycles. The molecule has 2 saturated heterocycles. The van der Waals surface area contributed by atoms with Crippen LogP contribution >= 0.6 is 11.8 Å². The van der Waals surface area contributed by atoms with E-state index in [0.29, 0.717) is 5.56 Å². The molecule has 9 nitrogen and oxygen atoms in total. The Morgan fingerprint density at radius 1 is 1.25 bits per heavy atom. The number of benzene rings is 1. The zero-order valence-corrected chi connectivity index (χ0v) is 18.2. The van der Waals surface area contributed by atoms with Gasteiger partial charge in [0.25, 0.3) is 0 Å². The van der Waals surface area contributed by atoms with Gasteiger partial charge < -0.3 is 0 Å². The van der Waals surface area contributed by atoms with Crippen molar-refractivity contribution in [1.29, 1.82) is 0 Å². The number of carboxylic acid groups (broad SMARTS) is 1. The van der Waals surface area contributed by atoms with Crippen LogP contribution in [0, 0.1) is 0 Å². The third kappa shape index (κ3) is 3.79. The van der Waals surface area contributed by atoms with E-state index in [1.165, 1.54) is 16.7 Å². The van der Waals surface area contributed by atoms with E-state index in [0.717, 1.165) is 0 Å². The first-order valence-electron chi connectivity index (χ1n) is 8.67. The Morgan fingerprint density at radius 3 is 2.39 bits per heavy atom. The summed E-state index contributed by atoms with van der Waals surface area (Å²) in [5, 5.41) is 11.5. The molecule has 2 amide bonds. The van der Waals surface area contributed by atoms with Gasteiger partial charge in [-0.25, -0.2) is 0 Å². The summed E-state index contributed by atoms with van der Waals surface area (Å²) in [6.07, 6.45) is -0.388. The fourth-order valence-electron chi connectivity index (χ4n) is 3.73. The van der Waals surface area contributed by atoms with Gasteiger partial charge in [0.1, 0.15) is 0 Å². The standard InChI is InChI=1S/C17H22GeN2O7S/c1-17(2)13(16(23)24)20-14(22)12(15(20)28-17)19-11(21)8-10(18(25,26)27)9-6-4-3-5-7-9/h3-7,10,12-13,15,25-27H,8H2,1-2H3,(H,19,21)(H,23,24)/t10?,12?,13-,15+/m0/s1. The SMILES string of the molecule is CC1(C)S[C@@H]2C(NC(=O)C[CH](c3ccccc3)[Ge]([OH])([OH])[OH])C(=O)N2[C@H]1C(=O)O. The predicted molar refractivity (Wildman–Crippen MR) is 102 cm³/mol. The second kappa shape index (κ2) is 7.34. The third-order valence-corrected chi connectivity index (χ3v) is 9.71. The van der Waals surface area contributed by atoms with Gasteiger partial charge in [0, 0.05) is 0 Å². The van der Waals surface area contributed by atoms with E-state index >= 15 is 0 Å². The van der Waals surface area contributed by atoms with Gasteiger partial charge in [-0.2, -0.15) is 0 Å². The molecule has 11 heteroatoms. The summed E-state index contributed by atoms with van der Waals surface area (Å²) < 4.78 is 27.6. The van der Waals surface area contributed by atoms with Gasteiger partial charge in [-0.1, -0.05) is 0 Å². The number of rotatable bonds is 6. The van der Waals surface area contributed by atoms with Gasteiger partial charge in [-0.05, 0) is 0 Å². The molecule has 3 rings (SSSR count). The fourth-order valence-corrected chi connectivity index (χ4v) is 7.66. The van der Waals surface area contributed by atoms with Crippen molar-refractivity contribution in [3.8, 4) is 0 Å². The van der Waals surface area contributed by atoms with Crippen LogP contribution in [0.15, 0.2) is 30.3 Å². The molecular weight excluding hydrogens is 449 g/mol. The van der Waals surface area contributed by atoms with Crippen LogP contribution in [-0.4, -0.2) is 76.7 Å². The van der Waals surface area contributed by atoms with Crippen molar-refractivity contribution in [2.24, 2.45) is 0 Å². The van der Waals surface area contributed by atoms with E-state index in [4.69, 9.17) is 0 Å².